The zero-order valence-corrected chi connectivity index (χ0v) is 9.37. The summed E-state index contributed by atoms with van der Waals surface area (Å²) in [5, 5.41) is 4.61. The highest BCUT2D eigenvalue weighted by molar-refractivity contribution is 6.20. The minimum atomic E-state index is 0.439. The normalized spacial score (nSPS) is 27.0. The van der Waals surface area contributed by atoms with Gasteiger partial charge < -0.3 is 0 Å². The van der Waals surface area contributed by atoms with Crippen LogP contribution in [0, 0.1) is 5.92 Å². The predicted molar refractivity (Wildman–Crippen MR) is 58.5 cm³/mol. The van der Waals surface area contributed by atoms with E-state index in [2.05, 4.69) is 11.3 Å². The summed E-state index contributed by atoms with van der Waals surface area (Å²) in [7, 11) is 1.97. The molecule has 2 rings (SSSR count). The van der Waals surface area contributed by atoms with Gasteiger partial charge in [-0.1, -0.05) is 0 Å². The predicted octanol–water partition coefficient (Wildman–Crippen LogP) is 2.76. The van der Waals surface area contributed by atoms with E-state index in [1.54, 1.807) is 0 Å². The van der Waals surface area contributed by atoms with Crippen LogP contribution < -0.4 is 0 Å². The molecule has 0 saturated heterocycles. The summed E-state index contributed by atoms with van der Waals surface area (Å²) in [5.74, 6) is 0.845. The van der Waals surface area contributed by atoms with Gasteiger partial charge in [-0.3, -0.25) is 4.68 Å². The van der Waals surface area contributed by atoms with Gasteiger partial charge in [-0.15, -0.1) is 11.6 Å². The molecule has 0 amide bonds. The van der Waals surface area contributed by atoms with Crippen molar-refractivity contribution in [2.45, 2.75) is 37.5 Å². The lowest BCUT2D eigenvalue weighted by molar-refractivity contribution is 0.504. The van der Waals surface area contributed by atoms with Crippen LogP contribution in [0.5, 0.6) is 0 Å². The average molecular weight is 213 g/mol. The SMILES string of the molecule is Cn1cc(CCC2CCC(Cl)C2)cn1. The first kappa shape index (κ1) is 10.0. The van der Waals surface area contributed by atoms with Crippen molar-refractivity contribution in [2.75, 3.05) is 0 Å². The summed E-state index contributed by atoms with van der Waals surface area (Å²) >= 11 is 6.08. The van der Waals surface area contributed by atoms with Crippen molar-refractivity contribution in [3.63, 3.8) is 0 Å². The molecule has 0 N–H and O–H groups in total. The van der Waals surface area contributed by atoms with Crippen LogP contribution in [0.1, 0.15) is 31.2 Å². The van der Waals surface area contributed by atoms with E-state index in [-0.39, 0.29) is 0 Å². The molecule has 14 heavy (non-hydrogen) atoms. The fourth-order valence-electron chi connectivity index (χ4n) is 2.25. The Hall–Kier alpha value is -0.500. The molecule has 1 fully saturated rings. The Balaban J connectivity index is 1.77. The van der Waals surface area contributed by atoms with Gasteiger partial charge in [0.2, 0.25) is 0 Å². The van der Waals surface area contributed by atoms with Crippen LogP contribution in [0.3, 0.4) is 0 Å². The van der Waals surface area contributed by atoms with E-state index in [4.69, 9.17) is 11.6 Å². The first-order chi connectivity index (χ1) is 6.74. The molecular formula is C11H17ClN2. The molecule has 1 aliphatic rings. The summed E-state index contributed by atoms with van der Waals surface area (Å²) < 4.78 is 1.87. The fraction of sp³-hybridized carbons (Fsp3) is 0.727. The van der Waals surface area contributed by atoms with E-state index in [0.717, 1.165) is 12.3 Å². The molecule has 2 atom stereocenters. The maximum Gasteiger partial charge on any atom is 0.0521 e. The molecule has 1 heterocycles. The Morgan fingerprint density at radius 1 is 1.57 bits per heavy atom. The molecule has 1 saturated carbocycles. The highest BCUT2D eigenvalue weighted by Gasteiger charge is 2.22. The van der Waals surface area contributed by atoms with Crippen molar-refractivity contribution < 1.29 is 0 Å². The number of alkyl halides is 1. The van der Waals surface area contributed by atoms with Gasteiger partial charge in [-0.2, -0.15) is 5.10 Å². The highest BCUT2D eigenvalue weighted by Crippen LogP contribution is 2.32. The number of hydrogen-bond donors (Lipinski definition) is 0. The molecule has 0 bridgehead atoms. The molecule has 0 aromatic carbocycles. The third-order valence-electron chi connectivity index (χ3n) is 3.08. The largest absolute Gasteiger partial charge is 0.276 e. The molecule has 0 aliphatic heterocycles. The molecule has 1 aromatic heterocycles. The maximum absolute atomic E-state index is 6.08. The number of halogens is 1. The fourth-order valence-corrected chi connectivity index (χ4v) is 2.63. The Morgan fingerprint density at radius 3 is 3.00 bits per heavy atom. The summed E-state index contributed by atoms with van der Waals surface area (Å²) in [6, 6.07) is 0. The standard InChI is InChI=1S/C11H17ClN2/c1-14-8-10(7-13-14)3-2-9-4-5-11(12)6-9/h7-9,11H,2-6H2,1H3. The Bertz CT molecular complexity index is 295. The molecule has 0 radical (unpaired) electrons. The molecular weight excluding hydrogens is 196 g/mol. The third-order valence-corrected chi connectivity index (χ3v) is 3.47. The van der Waals surface area contributed by atoms with Gasteiger partial charge in [0.15, 0.2) is 0 Å². The van der Waals surface area contributed by atoms with E-state index in [1.165, 1.54) is 31.2 Å². The zero-order chi connectivity index (χ0) is 9.97. The molecule has 1 aromatic rings. The Kier molecular flexibility index (Phi) is 3.12. The minimum Gasteiger partial charge on any atom is -0.276 e. The second kappa shape index (κ2) is 4.35. The number of rotatable bonds is 3. The van der Waals surface area contributed by atoms with Crippen LogP contribution in [0.15, 0.2) is 12.4 Å². The van der Waals surface area contributed by atoms with E-state index >= 15 is 0 Å². The molecule has 3 heteroatoms. The molecule has 0 spiro atoms. The van der Waals surface area contributed by atoms with Crippen molar-refractivity contribution in [2.24, 2.45) is 13.0 Å². The minimum absolute atomic E-state index is 0.439. The van der Waals surface area contributed by atoms with Gasteiger partial charge in [0.1, 0.15) is 0 Å². The van der Waals surface area contributed by atoms with Crippen molar-refractivity contribution in [3.05, 3.63) is 18.0 Å². The molecule has 1 aliphatic carbocycles. The first-order valence-corrected chi connectivity index (χ1v) is 5.79. The van der Waals surface area contributed by atoms with E-state index in [9.17, 15) is 0 Å². The average Bonchev–Trinajstić information content (AvgIpc) is 2.72. The quantitative estimate of drug-likeness (QED) is 0.705. The summed E-state index contributed by atoms with van der Waals surface area (Å²) in [6.07, 6.45) is 10.2. The van der Waals surface area contributed by atoms with Crippen LogP contribution in [0.2, 0.25) is 0 Å². The smallest absolute Gasteiger partial charge is 0.0521 e. The topological polar surface area (TPSA) is 17.8 Å². The van der Waals surface area contributed by atoms with Gasteiger partial charge in [-0.05, 0) is 43.6 Å². The Labute approximate surface area is 90.3 Å². The van der Waals surface area contributed by atoms with Crippen LogP contribution >= 0.6 is 11.6 Å². The van der Waals surface area contributed by atoms with Crippen LogP contribution in [0.25, 0.3) is 0 Å². The molecule has 2 unspecified atom stereocenters. The number of aromatic nitrogens is 2. The van der Waals surface area contributed by atoms with Crippen LogP contribution in [0.4, 0.5) is 0 Å². The number of aryl methyl sites for hydroxylation is 2. The van der Waals surface area contributed by atoms with Gasteiger partial charge >= 0.3 is 0 Å². The van der Waals surface area contributed by atoms with E-state index < -0.39 is 0 Å². The maximum atomic E-state index is 6.08. The first-order valence-electron chi connectivity index (χ1n) is 5.35. The second-order valence-corrected chi connectivity index (χ2v) is 4.95. The lowest BCUT2D eigenvalue weighted by Crippen LogP contribution is -1.97. The van der Waals surface area contributed by atoms with E-state index in [1.807, 2.05) is 17.9 Å². The lowest BCUT2D eigenvalue weighted by Gasteiger charge is -2.06. The lowest BCUT2D eigenvalue weighted by atomic mass is 10.00. The summed E-state index contributed by atoms with van der Waals surface area (Å²) in [4.78, 5) is 0. The highest BCUT2D eigenvalue weighted by atomic mass is 35.5. The summed E-state index contributed by atoms with van der Waals surface area (Å²) in [6.45, 7) is 0. The van der Waals surface area contributed by atoms with Crippen molar-refractivity contribution in [1.29, 1.82) is 0 Å². The molecule has 78 valence electrons. The van der Waals surface area contributed by atoms with E-state index in [0.29, 0.717) is 5.38 Å². The number of nitrogens with zero attached hydrogens (tertiary/aromatic N) is 2. The number of hydrogen-bond acceptors (Lipinski definition) is 1. The molecule has 2 nitrogen and oxygen atoms in total. The second-order valence-electron chi connectivity index (χ2n) is 4.34. The monoisotopic (exact) mass is 212 g/mol. The van der Waals surface area contributed by atoms with Crippen molar-refractivity contribution >= 4 is 11.6 Å². The van der Waals surface area contributed by atoms with Gasteiger partial charge in [0, 0.05) is 18.6 Å². The zero-order valence-electron chi connectivity index (χ0n) is 8.62. The van der Waals surface area contributed by atoms with Gasteiger partial charge in [0.05, 0.1) is 6.20 Å². The van der Waals surface area contributed by atoms with Crippen LogP contribution in [-0.2, 0) is 13.5 Å². The van der Waals surface area contributed by atoms with Gasteiger partial charge in [0.25, 0.3) is 0 Å². The van der Waals surface area contributed by atoms with Crippen LogP contribution in [-0.4, -0.2) is 15.2 Å². The summed E-state index contributed by atoms with van der Waals surface area (Å²) in [5.41, 5.74) is 1.35. The van der Waals surface area contributed by atoms with Crippen molar-refractivity contribution in [3.8, 4) is 0 Å². The Morgan fingerprint density at radius 2 is 2.43 bits per heavy atom. The third kappa shape index (κ3) is 2.50. The van der Waals surface area contributed by atoms with Crippen molar-refractivity contribution in [1.82, 2.24) is 9.78 Å². The van der Waals surface area contributed by atoms with Gasteiger partial charge in [-0.25, -0.2) is 0 Å².